The third kappa shape index (κ3) is 6.33. The van der Waals surface area contributed by atoms with E-state index in [-0.39, 0.29) is 16.9 Å². The maximum Gasteiger partial charge on any atom is 0.334 e. The summed E-state index contributed by atoms with van der Waals surface area (Å²) in [6, 6.07) is 4.22. The van der Waals surface area contributed by atoms with Gasteiger partial charge in [-0.25, -0.2) is 18.0 Å². The van der Waals surface area contributed by atoms with Gasteiger partial charge in [0.15, 0.2) is 0 Å². The zero-order valence-corrected chi connectivity index (χ0v) is 16.7. The minimum Gasteiger partial charge on any atom is -0.478 e. The second-order valence-electron chi connectivity index (χ2n) is 6.75. The average Bonchev–Trinajstić information content (AvgIpc) is 2.66. The van der Waals surface area contributed by atoms with Crippen LogP contribution in [-0.2, 0) is 10.7 Å². The summed E-state index contributed by atoms with van der Waals surface area (Å²) in [5.74, 6) is -4.60. The van der Waals surface area contributed by atoms with Gasteiger partial charge < -0.3 is 10.0 Å². The molecule has 0 aromatic heterocycles. The van der Waals surface area contributed by atoms with Crippen molar-refractivity contribution in [3.63, 3.8) is 0 Å². The fraction of sp³-hybridized carbons (Fsp3) is 0.476. The molecule has 0 aliphatic carbocycles. The van der Waals surface area contributed by atoms with Crippen molar-refractivity contribution in [1.29, 1.82) is 0 Å². The lowest BCUT2D eigenvalue weighted by Gasteiger charge is -2.33. The summed E-state index contributed by atoms with van der Waals surface area (Å²) in [7, 11) is 0. The number of hydrogen-bond donors (Lipinski definition) is 1. The van der Waals surface area contributed by atoms with Gasteiger partial charge in [-0.15, -0.1) is 11.8 Å². The van der Waals surface area contributed by atoms with Crippen LogP contribution < -0.4 is 0 Å². The van der Waals surface area contributed by atoms with Crippen molar-refractivity contribution in [1.82, 2.24) is 4.90 Å². The Morgan fingerprint density at radius 2 is 1.93 bits per heavy atom. The summed E-state index contributed by atoms with van der Waals surface area (Å²) in [6.45, 7) is 2.80. The van der Waals surface area contributed by atoms with Gasteiger partial charge in [-0.2, -0.15) is 0 Å². The van der Waals surface area contributed by atoms with Crippen LogP contribution in [0.5, 0.6) is 0 Å². The number of halogens is 3. The summed E-state index contributed by atoms with van der Waals surface area (Å²) in [4.78, 5) is 13.5. The molecule has 0 fully saturated rings. The van der Waals surface area contributed by atoms with E-state index in [4.69, 9.17) is 0 Å². The number of hydrogen-bond acceptors (Lipinski definition) is 3. The van der Waals surface area contributed by atoms with Crippen LogP contribution in [0, 0.1) is 5.82 Å². The van der Waals surface area contributed by atoms with Gasteiger partial charge >= 0.3 is 5.97 Å². The Kier molecular flexibility index (Phi) is 8.48. The second-order valence-corrected chi connectivity index (χ2v) is 7.94. The van der Waals surface area contributed by atoms with Gasteiger partial charge in [0.1, 0.15) is 11.2 Å². The number of aliphatic carboxylic acids is 1. The van der Waals surface area contributed by atoms with Gasteiger partial charge in [0.25, 0.3) is 5.92 Å². The molecule has 7 heteroatoms. The first-order chi connectivity index (χ1) is 13.3. The van der Waals surface area contributed by atoms with Crippen LogP contribution >= 0.6 is 11.8 Å². The van der Waals surface area contributed by atoms with E-state index >= 15 is 0 Å². The molecule has 154 valence electrons. The number of carboxylic acid groups (broad SMARTS) is 1. The largest absolute Gasteiger partial charge is 0.478 e. The molecular formula is C21H26F3NO2S. The lowest BCUT2D eigenvalue weighted by atomic mass is 10.1. The minimum absolute atomic E-state index is 0.0823. The molecule has 1 aliphatic heterocycles. The van der Waals surface area contributed by atoms with Crippen LogP contribution in [0.4, 0.5) is 13.2 Å². The first-order valence-electron chi connectivity index (χ1n) is 9.48. The lowest BCUT2D eigenvalue weighted by molar-refractivity contribution is -0.133. The van der Waals surface area contributed by atoms with Gasteiger partial charge in [-0.3, -0.25) is 0 Å². The number of rotatable bonds is 11. The molecule has 28 heavy (non-hydrogen) atoms. The van der Waals surface area contributed by atoms with Crippen LogP contribution in [0.2, 0.25) is 0 Å². The highest BCUT2D eigenvalue weighted by atomic mass is 32.2. The number of carbonyl (C=O) groups is 1. The standard InChI is InChI=1S/C21H26F3NO2S/c1-2-3-4-5-13-25-14-6-7-18(20(26)27)19(25)28-15-12-21(23,24)16-8-10-17(22)11-9-16/h6-11,14,19H,2-5,12-13,15H2,1H3,(H,26,27). The Balaban J connectivity index is 1.98. The third-order valence-corrected chi connectivity index (χ3v) is 5.88. The molecule has 1 aromatic rings. The number of allylic oxidation sites excluding steroid dienone is 2. The zero-order valence-electron chi connectivity index (χ0n) is 15.9. The van der Waals surface area contributed by atoms with Crippen LogP contribution in [-0.4, -0.2) is 33.6 Å². The molecule has 3 nitrogen and oxygen atoms in total. The lowest BCUT2D eigenvalue weighted by Crippen LogP contribution is -2.35. The molecule has 0 radical (unpaired) electrons. The van der Waals surface area contributed by atoms with E-state index in [9.17, 15) is 23.1 Å². The molecule has 0 amide bonds. The van der Waals surface area contributed by atoms with E-state index in [1.807, 2.05) is 11.1 Å². The molecule has 0 saturated heterocycles. The number of carboxylic acids is 1. The first kappa shape index (κ1) is 22.4. The summed E-state index contributed by atoms with van der Waals surface area (Å²) in [5.41, 5.74) is -0.0310. The SMILES string of the molecule is CCCCCCN1C=CC=C(C(=O)O)C1SCCC(F)(F)c1ccc(F)cc1. The second kappa shape index (κ2) is 10.6. The normalized spacial score (nSPS) is 16.9. The number of unbranched alkanes of at least 4 members (excludes halogenated alkanes) is 3. The topological polar surface area (TPSA) is 40.5 Å². The van der Waals surface area contributed by atoms with Crippen molar-refractivity contribution in [2.24, 2.45) is 0 Å². The molecule has 1 atom stereocenters. The predicted molar refractivity (Wildman–Crippen MR) is 107 cm³/mol. The smallest absolute Gasteiger partial charge is 0.334 e. The van der Waals surface area contributed by atoms with Gasteiger partial charge in [-0.05, 0) is 30.7 Å². The number of alkyl halides is 2. The number of nitrogens with zero attached hydrogens (tertiary/aromatic N) is 1. The quantitative estimate of drug-likeness (QED) is 0.466. The maximum atomic E-state index is 14.4. The van der Waals surface area contributed by atoms with E-state index in [1.54, 1.807) is 6.08 Å². The van der Waals surface area contributed by atoms with Gasteiger partial charge in [-0.1, -0.05) is 38.3 Å². The number of thioether (sulfide) groups is 1. The van der Waals surface area contributed by atoms with E-state index in [1.165, 1.54) is 17.8 Å². The summed E-state index contributed by atoms with van der Waals surface area (Å²) < 4.78 is 41.7. The Bertz CT molecular complexity index is 704. The van der Waals surface area contributed by atoms with Crippen LogP contribution in [0.3, 0.4) is 0 Å². The molecule has 1 aromatic carbocycles. The highest BCUT2D eigenvalue weighted by Gasteiger charge is 2.33. The monoisotopic (exact) mass is 413 g/mol. The Labute approximate surface area is 168 Å². The third-order valence-electron chi connectivity index (χ3n) is 4.60. The fourth-order valence-corrected chi connectivity index (χ4v) is 4.33. The Morgan fingerprint density at radius 1 is 1.21 bits per heavy atom. The van der Waals surface area contributed by atoms with Crippen LogP contribution in [0.25, 0.3) is 0 Å². The van der Waals surface area contributed by atoms with Crippen molar-refractivity contribution in [2.45, 2.75) is 50.3 Å². The van der Waals surface area contributed by atoms with Crippen molar-refractivity contribution >= 4 is 17.7 Å². The summed E-state index contributed by atoms with van der Waals surface area (Å²) in [5, 5.41) is 8.98. The molecule has 2 rings (SSSR count). The van der Waals surface area contributed by atoms with Gasteiger partial charge in [0.2, 0.25) is 0 Å². The van der Waals surface area contributed by atoms with E-state index in [0.29, 0.717) is 6.54 Å². The number of benzene rings is 1. The van der Waals surface area contributed by atoms with Crippen LogP contribution in [0.15, 0.2) is 48.2 Å². The molecule has 0 spiro atoms. The first-order valence-corrected chi connectivity index (χ1v) is 10.5. The maximum absolute atomic E-state index is 14.4. The van der Waals surface area contributed by atoms with E-state index in [2.05, 4.69) is 6.92 Å². The molecule has 1 aliphatic rings. The van der Waals surface area contributed by atoms with Crippen LogP contribution in [0.1, 0.15) is 44.6 Å². The van der Waals surface area contributed by atoms with Crippen molar-refractivity contribution < 1.29 is 23.1 Å². The highest BCUT2D eigenvalue weighted by molar-refractivity contribution is 8.00. The Morgan fingerprint density at radius 3 is 2.57 bits per heavy atom. The minimum atomic E-state index is -3.09. The van der Waals surface area contributed by atoms with Gasteiger partial charge in [0.05, 0.1) is 5.57 Å². The Hall–Kier alpha value is -1.89. The summed E-state index contributed by atoms with van der Waals surface area (Å²) >= 11 is 1.20. The van der Waals surface area contributed by atoms with Crippen molar-refractivity contribution in [3.05, 3.63) is 59.6 Å². The molecule has 1 unspecified atom stereocenters. The molecule has 0 saturated carbocycles. The summed E-state index contributed by atoms with van der Waals surface area (Å²) in [6.07, 6.45) is 8.79. The fourth-order valence-electron chi connectivity index (χ4n) is 3.01. The highest BCUT2D eigenvalue weighted by Crippen LogP contribution is 2.35. The zero-order chi connectivity index (χ0) is 20.6. The molecule has 1 heterocycles. The van der Waals surface area contributed by atoms with E-state index < -0.39 is 29.5 Å². The average molecular weight is 414 g/mol. The van der Waals surface area contributed by atoms with E-state index in [0.717, 1.165) is 49.9 Å². The molecular weight excluding hydrogens is 387 g/mol. The molecule has 1 N–H and O–H groups in total. The molecule has 0 bridgehead atoms. The van der Waals surface area contributed by atoms with Crippen molar-refractivity contribution in [3.8, 4) is 0 Å². The predicted octanol–water partition coefficient (Wildman–Crippen LogP) is 5.79. The van der Waals surface area contributed by atoms with Crippen molar-refractivity contribution in [2.75, 3.05) is 12.3 Å². The van der Waals surface area contributed by atoms with Gasteiger partial charge in [0, 0.05) is 30.5 Å².